The van der Waals surface area contributed by atoms with Crippen LogP contribution in [0.15, 0.2) is 23.5 Å². The fourth-order valence-corrected chi connectivity index (χ4v) is 2.26. The molecular weight excluding hydrogens is 200 g/mol. The van der Waals surface area contributed by atoms with E-state index in [-0.39, 0.29) is 0 Å². The Bertz CT molecular complexity index is 441. The van der Waals surface area contributed by atoms with Crippen molar-refractivity contribution in [2.75, 3.05) is 0 Å². The highest BCUT2D eigenvalue weighted by Crippen LogP contribution is 2.29. The van der Waals surface area contributed by atoms with Crippen LogP contribution < -0.4 is 0 Å². The lowest BCUT2D eigenvalue weighted by atomic mass is 9.90. The molecule has 84 valence electrons. The third-order valence-corrected chi connectivity index (χ3v) is 3.02. The number of pyridine rings is 1. The summed E-state index contributed by atoms with van der Waals surface area (Å²) < 4.78 is 0. The van der Waals surface area contributed by atoms with Crippen LogP contribution in [0.4, 0.5) is 0 Å². The number of aromatic nitrogens is 1. The first-order valence-electron chi connectivity index (χ1n) is 5.56. The maximum atomic E-state index is 8.82. The molecule has 16 heavy (non-hydrogen) atoms. The second-order valence-corrected chi connectivity index (χ2v) is 4.20. The van der Waals surface area contributed by atoms with Gasteiger partial charge in [-0.1, -0.05) is 5.16 Å². The summed E-state index contributed by atoms with van der Waals surface area (Å²) in [6.07, 6.45) is 6.75. The number of allylic oxidation sites excluding steroid dienone is 2. The maximum absolute atomic E-state index is 8.82. The van der Waals surface area contributed by atoms with Crippen molar-refractivity contribution in [3.05, 3.63) is 35.2 Å². The molecule has 2 rings (SSSR count). The third kappa shape index (κ3) is 1.98. The van der Waals surface area contributed by atoms with Crippen LogP contribution in [0.25, 0.3) is 5.57 Å². The molecule has 1 N–H and O–H groups in total. The Labute approximate surface area is 95.5 Å². The minimum atomic E-state index is 0.768. The molecule has 0 unspecified atom stereocenters. The zero-order valence-corrected chi connectivity index (χ0v) is 9.70. The molecule has 1 heterocycles. The number of oxime groups is 1. The summed E-state index contributed by atoms with van der Waals surface area (Å²) in [7, 11) is 0. The van der Waals surface area contributed by atoms with Crippen LogP contribution in [0, 0.1) is 13.8 Å². The molecule has 1 aliphatic rings. The SMILES string of the molecule is Cc1ccnc(C)c1C1=CC(=NO)CCC1. The normalized spacial score (nSPS) is 18.6. The Morgan fingerprint density at radius 2 is 2.12 bits per heavy atom. The summed E-state index contributed by atoms with van der Waals surface area (Å²) >= 11 is 0. The fraction of sp³-hybridized carbons (Fsp3) is 0.385. The molecule has 0 aliphatic heterocycles. The molecule has 0 saturated heterocycles. The van der Waals surface area contributed by atoms with E-state index in [1.54, 1.807) is 0 Å². The number of hydrogen-bond acceptors (Lipinski definition) is 3. The summed E-state index contributed by atoms with van der Waals surface area (Å²) in [4.78, 5) is 4.32. The molecule has 3 heteroatoms. The summed E-state index contributed by atoms with van der Waals surface area (Å²) in [6, 6.07) is 2.02. The van der Waals surface area contributed by atoms with Gasteiger partial charge >= 0.3 is 0 Å². The second-order valence-electron chi connectivity index (χ2n) is 4.20. The number of nitrogens with zero attached hydrogens (tertiary/aromatic N) is 2. The molecule has 0 spiro atoms. The molecule has 1 aliphatic carbocycles. The van der Waals surface area contributed by atoms with Crippen LogP contribution in [-0.2, 0) is 0 Å². The van der Waals surface area contributed by atoms with Crippen LogP contribution in [0.1, 0.15) is 36.1 Å². The van der Waals surface area contributed by atoms with Gasteiger partial charge < -0.3 is 5.21 Å². The second kappa shape index (κ2) is 4.47. The van der Waals surface area contributed by atoms with Gasteiger partial charge in [0.2, 0.25) is 0 Å². The van der Waals surface area contributed by atoms with Crippen molar-refractivity contribution in [2.24, 2.45) is 5.16 Å². The molecule has 0 bridgehead atoms. The van der Waals surface area contributed by atoms with Crippen LogP contribution in [0.2, 0.25) is 0 Å². The minimum Gasteiger partial charge on any atom is -0.411 e. The van der Waals surface area contributed by atoms with Crippen LogP contribution >= 0.6 is 0 Å². The van der Waals surface area contributed by atoms with Gasteiger partial charge in [0.1, 0.15) is 0 Å². The van der Waals surface area contributed by atoms with Crippen molar-refractivity contribution in [3.8, 4) is 0 Å². The summed E-state index contributed by atoms with van der Waals surface area (Å²) in [6.45, 7) is 4.11. The number of aryl methyl sites for hydroxylation is 2. The molecule has 0 radical (unpaired) electrons. The summed E-state index contributed by atoms with van der Waals surface area (Å²) in [5.41, 5.74) is 5.50. The van der Waals surface area contributed by atoms with E-state index in [2.05, 4.69) is 17.1 Å². The minimum absolute atomic E-state index is 0.768. The number of rotatable bonds is 1. The van der Waals surface area contributed by atoms with Crippen molar-refractivity contribution >= 4 is 11.3 Å². The smallest absolute Gasteiger partial charge is 0.0798 e. The Balaban J connectivity index is 2.48. The predicted octanol–water partition coefficient (Wildman–Crippen LogP) is 3.10. The van der Waals surface area contributed by atoms with Gasteiger partial charge in [0.05, 0.1) is 5.71 Å². The van der Waals surface area contributed by atoms with Crippen molar-refractivity contribution in [1.29, 1.82) is 0 Å². The van der Waals surface area contributed by atoms with Gasteiger partial charge in [0.25, 0.3) is 0 Å². The van der Waals surface area contributed by atoms with E-state index < -0.39 is 0 Å². The van der Waals surface area contributed by atoms with E-state index in [1.165, 1.54) is 16.7 Å². The summed E-state index contributed by atoms with van der Waals surface area (Å²) in [5, 5.41) is 12.1. The van der Waals surface area contributed by atoms with E-state index >= 15 is 0 Å². The van der Waals surface area contributed by atoms with Crippen LogP contribution in [0.3, 0.4) is 0 Å². The van der Waals surface area contributed by atoms with Gasteiger partial charge in [-0.05, 0) is 56.4 Å². The van der Waals surface area contributed by atoms with E-state index in [0.29, 0.717) is 0 Å². The Morgan fingerprint density at radius 1 is 1.31 bits per heavy atom. The highest BCUT2D eigenvalue weighted by Gasteiger charge is 2.14. The Hall–Kier alpha value is -1.64. The quantitative estimate of drug-likeness (QED) is 0.579. The van der Waals surface area contributed by atoms with Crippen molar-refractivity contribution in [3.63, 3.8) is 0 Å². The third-order valence-electron chi connectivity index (χ3n) is 3.02. The zero-order chi connectivity index (χ0) is 11.5. The van der Waals surface area contributed by atoms with E-state index in [1.807, 2.05) is 25.3 Å². The fourth-order valence-electron chi connectivity index (χ4n) is 2.26. The molecule has 0 amide bonds. The van der Waals surface area contributed by atoms with Crippen molar-refractivity contribution in [2.45, 2.75) is 33.1 Å². The van der Waals surface area contributed by atoms with Gasteiger partial charge in [-0.2, -0.15) is 0 Å². The monoisotopic (exact) mass is 216 g/mol. The maximum Gasteiger partial charge on any atom is 0.0798 e. The highest BCUT2D eigenvalue weighted by atomic mass is 16.4. The summed E-state index contributed by atoms with van der Waals surface area (Å²) in [5.74, 6) is 0. The first kappa shape index (κ1) is 10.9. The predicted molar refractivity (Wildman–Crippen MR) is 64.8 cm³/mol. The molecule has 1 aromatic heterocycles. The van der Waals surface area contributed by atoms with Crippen LogP contribution in [0.5, 0.6) is 0 Å². The number of hydrogen-bond donors (Lipinski definition) is 1. The highest BCUT2D eigenvalue weighted by molar-refractivity contribution is 6.02. The first-order chi connectivity index (χ1) is 7.72. The van der Waals surface area contributed by atoms with Crippen molar-refractivity contribution < 1.29 is 5.21 Å². The van der Waals surface area contributed by atoms with Gasteiger partial charge in [-0.3, -0.25) is 4.98 Å². The molecule has 0 aromatic carbocycles. The molecule has 0 atom stereocenters. The van der Waals surface area contributed by atoms with Gasteiger partial charge in [-0.15, -0.1) is 0 Å². The van der Waals surface area contributed by atoms with Crippen molar-refractivity contribution in [1.82, 2.24) is 4.98 Å². The van der Waals surface area contributed by atoms with E-state index in [9.17, 15) is 0 Å². The lowest BCUT2D eigenvalue weighted by Gasteiger charge is -2.17. The van der Waals surface area contributed by atoms with Gasteiger partial charge in [0.15, 0.2) is 0 Å². The standard InChI is InChI=1S/C13H16N2O/c1-9-6-7-14-10(2)13(9)11-4-3-5-12(8-11)15-16/h6-8,16H,3-5H2,1-2H3. The first-order valence-corrected chi connectivity index (χ1v) is 5.56. The zero-order valence-electron chi connectivity index (χ0n) is 9.70. The van der Waals surface area contributed by atoms with E-state index in [0.717, 1.165) is 30.7 Å². The topological polar surface area (TPSA) is 45.5 Å². The average Bonchev–Trinajstić information content (AvgIpc) is 2.29. The molecule has 3 nitrogen and oxygen atoms in total. The lowest BCUT2D eigenvalue weighted by Crippen LogP contribution is -2.05. The largest absolute Gasteiger partial charge is 0.411 e. The Kier molecular flexibility index (Phi) is 3.04. The average molecular weight is 216 g/mol. The molecule has 0 saturated carbocycles. The van der Waals surface area contributed by atoms with E-state index in [4.69, 9.17) is 5.21 Å². The lowest BCUT2D eigenvalue weighted by molar-refractivity contribution is 0.318. The molecule has 0 fully saturated rings. The molecular formula is C13H16N2O. The van der Waals surface area contributed by atoms with Gasteiger partial charge in [-0.25, -0.2) is 0 Å². The Morgan fingerprint density at radius 3 is 2.81 bits per heavy atom. The van der Waals surface area contributed by atoms with Crippen LogP contribution in [-0.4, -0.2) is 15.9 Å². The molecule has 1 aromatic rings. The van der Waals surface area contributed by atoms with Gasteiger partial charge in [0, 0.05) is 17.5 Å².